The highest BCUT2D eigenvalue weighted by atomic mass is 19.4. The molecule has 2 heterocycles. The molecule has 2 aromatic heterocycles. The summed E-state index contributed by atoms with van der Waals surface area (Å²) in [6, 6.07) is 5.55. The van der Waals surface area contributed by atoms with Gasteiger partial charge in [-0.2, -0.15) is 30.7 Å². The third kappa shape index (κ3) is 2.76. The van der Waals surface area contributed by atoms with Crippen LogP contribution >= 0.6 is 0 Å². The van der Waals surface area contributed by atoms with E-state index in [0.29, 0.717) is 11.8 Å². The number of halogens is 6. The lowest BCUT2D eigenvalue weighted by molar-refractivity contribution is -0.529. The Kier molecular flexibility index (Phi) is 3.76. The van der Waals surface area contributed by atoms with Crippen LogP contribution in [0.5, 0.6) is 0 Å². The number of pyridine rings is 1. The van der Waals surface area contributed by atoms with Crippen LogP contribution in [0.4, 0.5) is 26.3 Å². The normalized spacial score (nSPS) is 22.7. The molecule has 0 spiro atoms. The molecule has 30 heavy (non-hydrogen) atoms. The van der Waals surface area contributed by atoms with E-state index in [2.05, 4.69) is 13.8 Å². The second-order valence-corrected chi connectivity index (χ2v) is 8.97. The predicted molar refractivity (Wildman–Crippen MR) is 97.3 cm³/mol. The Morgan fingerprint density at radius 3 is 2.17 bits per heavy atom. The largest absolute Gasteiger partial charge is 0.416 e. The number of benzene rings is 1. The minimum absolute atomic E-state index is 0.135. The zero-order valence-corrected chi connectivity index (χ0v) is 16.3. The van der Waals surface area contributed by atoms with Crippen molar-refractivity contribution >= 4 is 5.52 Å². The van der Waals surface area contributed by atoms with Crippen molar-refractivity contribution in [3.8, 4) is 5.69 Å². The van der Waals surface area contributed by atoms with E-state index in [0.717, 1.165) is 36.2 Å². The van der Waals surface area contributed by atoms with E-state index >= 15 is 0 Å². The number of aromatic nitrogens is 2. The summed E-state index contributed by atoms with van der Waals surface area (Å²) in [5.74, 6) is 0.927. The second-order valence-electron chi connectivity index (χ2n) is 8.97. The highest BCUT2D eigenvalue weighted by Gasteiger charge is 2.55. The van der Waals surface area contributed by atoms with Gasteiger partial charge in [0.05, 0.1) is 11.1 Å². The first-order valence-electron chi connectivity index (χ1n) is 9.71. The minimum Gasteiger partial charge on any atom is -0.201 e. The summed E-state index contributed by atoms with van der Waals surface area (Å²) in [5, 5.41) is 0. The zero-order valence-electron chi connectivity index (χ0n) is 16.3. The molecule has 3 aliphatic carbocycles. The Morgan fingerprint density at radius 1 is 0.967 bits per heavy atom. The molecular formula is C22H19F6N2+. The van der Waals surface area contributed by atoms with Gasteiger partial charge in [-0.25, -0.2) is 4.57 Å². The first-order valence-corrected chi connectivity index (χ1v) is 9.71. The average Bonchev–Trinajstić information content (AvgIpc) is 3.10. The molecule has 1 saturated carbocycles. The number of nitrogens with zero attached hydrogens (tertiary/aromatic N) is 2. The molecular weight excluding hydrogens is 406 g/mol. The molecule has 2 nitrogen and oxygen atoms in total. The Balaban J connectivity index is 1.69. The Morgan fingerprint density at radius 2 is 1.60 bits per heavy atom. The van der Waals surface area contributed by atoms with Crippen molar-refractivity contribution in [2.45, 2.75) is 45.0 Å². The highest BCUT2D eigenvalue weighted by molar-refractivity contribution is 5.48. The van der Waals surface area contributed by atoms with Crippen LogP contribution in [-0.4, -0.2) is 4.57 Å². The van der Waals surface area contributed by atoms with Crippen LogP contribution in [-0.2, 0) is 18.8 Å². The molecule has 0 N–H and O–H groups in total. The maximum atomic E-state index is 13.2. The molecule has 0 radical (unpaired) electrons. The summed E-state index contributed by atoms with van der Waals surface area (Å²) >= 11 is 0. The average molecular weight is 425 g/mol. The van der Waals surface area contributed by atoms with E-state index in [1.807, 2.05) is 16.5 Å². The van der Waals surface area contributed by atoms with Crippen molar-refractivity contribution in [3.63, 3.8) is 0 Å². The van der Waals surface area contributed by atoms with Crippen molar-refractivity contribution in [2.24, 2.45) is 11.3 Å². The van der Waals surface area contributed by atoms with Gasteiger partial charge in [-0.15, -0.1) is 0 Å². The zero-order chi connectivity index (χ0) is 21.6. The third-order valence-corrected chi connectivity index (χ3v) is 6.97. The first kappa shape index (κ1) is 19.5. The lowest BCUT2D eigenvalue weighted by atomic mass is 9.48. The van der Waals surface area contributed by atoms with E-state index < -0.39 is 23.5 Å². The molecule has 0 unspecified atom stereocenters. The lowest BCUT2D eigenvalue weighted by Crippen LogP contribution is -2.52. The van der Waals surface area contributed by atoms with Gasteiger partial charge in [-0.05, 0) is 54.0 Å². The van der Waals surface area contributed by atoms with E-state index in [4.69, 9.17) is 0 Å². The van der Waals surface area contributed by atoms with Crippen LogP contribution in [0.3, 0.4) is 0 Å². The maximum Gasteiger partial charge on any atom is 0.416 e. The van der Waals surface area contributed by atoms with Gasteiger partial charge >= 0.3 is 12.4 Å². The van der Waals surface area contributed by atoms with Gasteiger partial charge in [0.15, 0.2) is 5.52 Å². The van der Waals surface area contributed by atoms with Gasteiger partial charge in [0, 0.05) is 5.92 Å². The molecule has 3 aliphatic rings. The van der Waals surface area contributed by atoms with Gasteiger partial charge in [0.2, 0.25) is 0 Å². The lowest BCUT2D eigenvalue weighted by Gasteiger charge is -2.55. The Labute approximate surface area is 168 Å². The fourth-order valence-electron chi connectivity index (χ4n) is 5.06. The fraction of sp³-hybridized carbons (Fsp3) is 0.409. The third-order valence-electron chi connectivity index (χ3n) is 6.97. The second kappa shape index (κ2) is 5.80. The molecule has 3 aromatic rings. The van der Waals surface area contributed by atoms with Crippen LogP contribution < -0.4 is 4.40 Å². The summed E-state index contributed by atoms with van der Waals surface area (Å²) in [5.41, 5.74) is 0.376. The van der Waals surface area contributed by atoms with E-state index in [9.17, 15) is 26.3 Å². The molecule has 0 amide bonds. The molecule has 1 aromatic carbocycles. The summed E-state index contributed by atoms with van der Waals surface area (Å²) in [6.07, 6.45) is -4.58. The molecule has 1 fully saturated rings. The molecule has 2 bridgehead atoms. The van der Waals surface area contributed by atoms with Gasteiger partial charge in [-0.3, -0.25) is 0 Å². The van der Waals surface area contributed by atoms with Crippen molar-refractivity contribution in [2.75, 3.05) is 0 Å². The Bertz CT molecular complexity index is 1140. The van der Waals surface area contributed by atoms with Crippen LogP contribution in [0.2, 0.25) is 0 Å². The SMILES string of the molecule is CC1(C)[C@H]2Cc3ccc4cn(-c5cc(C(F)(F)F)cc(C(F)(F)F)c5)c[n+]4c3[C@@H]1C2. The summed E-state index contributed by atoms with van der Waals surface area (Å²) in [7, 11) is 0. The number of imidazole rings is 1. The number of rotatable bonds is 1. The van der Waals surface area contributed by atoms with Gasteiger partial charge in [-0.1, -0.05) is 19.9 Å². The van der Waals surface area contributed by atoms with Crippen molar-refractivity contribution in [1.29, 1.82) is 0 Å². The Hall–Kier alpha value is -2.51. The quantitative estimate of drug-likeness (QED) is 0.337. The fourth-order valence-corrected chi connectivity index (χ4v) is 5.06. The van der Waals surface area contributed by atoms with Crippen LogP contribution in [0.15, 0.2) is 42.9 Å². The van der Waals surface area contributed by atoms with Crippen molar-refractivity contribution in [3.05, 3.63) is 65.2 Å². The topological polar surface area (TPSA) is 9.03 Å². The van der Waals surface area contributed by atoms with Gasteiger partial charge in [0.25, 0.3) is 6.33 Å². The molecule has 0 aliphatic heterocycles. The summed E-state index contributed by atoms with van der Waals surface area (Å²) in [6.45, 7) is 4.43. The highest BCUT2D eigenvalue weighted by Crippen LogP contribution is 2.61. The predicted octanol–water partition coefficient (Wildman–Crippen LogP) is 5.94. The van der Waals surface area contributed by atoms with Crippen LogP contribution in [0.1, 0.15) is 48.6 Å². The van der Waals surface area contributed by atoms with Gasteiger partial charge in [0.1, 0.15) is 17.6 Å². The number of hydrogen-bond acceptors (Lipinski definition) is 0. The molecule has 2 atom stereocenters. The number of hydrogen-bond donors (Lipinski definition) is 0. The van der Waals surface area contributed by atoms with Crippen LogP contribution in [0, 0.1) is 11.3 Å². The number of alkyl halides is 6. The molecule has 0 saturated heterocycles. The van der Waals surface area contributed by atoms with E-state index in [-0.39, 0.29) is 17.2 Å². The van der Waals surface area contributed by atoms with Crippen LogP contribution in [0.25, 0.3) is 11.2 Å². The van der Waals surface area contributed by atoms with Gasteiger partial charge < -0.3 is 0 Å². The first-order chi connectivity index (χ1) is 13.9. The summed E-state index contributed by atoms with van der Waals surface area (Å²) in [4.78, 5) is 0. The maximum absolute atomic E-state index is 13.2. The molecule has 158 valence electrons. The van der Waals surface area contributed by atoms with Crippen molar-refractivity contribution < 1.29 is 30.7 Å². The molecule has 8 heteroatoms. The summed E-state index contributed by atoms with van der Waals surface area (Å²) < 4.78 is 82.7. The minimum atomic E-state index is -4.88. The standard InChI is InChI=1S/C22H19F6N2/c1-20(2)13-5-12-3-4-16-10-29(11-30(16)19(12)18(20)9-13)17-7-14(21(23,24)25)6-15(8-17)22(26,27)28/h3-4,6-8,10-11,13,18H,5,9H2,1-2H3/q+1/t13-,18-/m0/s1. The van der Waals surface area contributed by atoms with E-state index in [1.54, 1.807) is 12.5 Å². The molecule has 6 rings (SSSR count). The van der Waals surface area contributed by atoms with E-state index in [1.165, 1.54) is 10.1 Å². The van der Waals surface area contributed by atoms with Crippen molar-refractivity contribution in [1.82, 2.24) is 4.57 Å². The monoisotopic (exact) mass is 425 g/mol. The number of fused-ring (bicyclic) bond motifs is 1. The smallest absolute Gasteiger partial charge is 0.201 e.